The number of imidazole rings is 1. The molecule has 0 saturated heterocycles. The van der Waals surface area contributed by atoms with Crippen molar-refractivity contribution in [3.8, 4) is 5.75 Å². The molecule has 0 spiro atoms. The average Bonchev–Trinajstić information content (AvgIpc) is 3.16. The number of amides is 1. The zero-order valence-electron chi connectivity index (χ0n) is 14.4. The van der Waals surface area contributed by atoms with Gasteiger partial charge in [0.2, 0.25) is 5.95 Å². The molecule has 3 aromatic rings. The minimum Gasteiger partial charge on any atom is -0.496 e. The van der Waals surface area contributed by atoms with Gasteiger partial charge in [0.1, 0.15) is 5.75 Å². The number of rotatable bonds is 3. The number of para-hydroxylation sites is 3. The maximum atomic E-state index is 14.0. The van der Waals surface area contributed by atoms with Gasteiger partial charge in [-0.2, -0.15) is 13.2 Å². The van der Waals surface area contributed by atoms with Gasteiger partial charge in [0.15, 0.2) is 0 Å². The number of hydrogen-bond donors (Lipinski definition) is 2. The highest BCUT2D eigenvalue weighted by Crippen LogP contribution is 2.39. The lowest BCUT2D eigenvalue weighted by Crippen LogP contribution is -2.67. The molecular formula is C18H13F3N4O3. The number of fused-ring (bicyclic) bond motifs is 3. The van der Waals surface area contributed by atoms with Crippen LogP contribution in [0.1, 0.15) is 15.2 Å². The molecule has 2 N–H and O–H groups in total. The van der Waals surface area contributed by atoms with Crippen LogP contribution in [0.3, 0.4) is 0 Å². The molecule has 0 unspecified atom stereocenters. The molecule has 7 nitrogen and oxygen atoms in total. The molecule has 28 heavy (non-hydrogen) atoms. The zero-order valence-corrected chi connectivity index (χ0v) is 14.4. The Kier molecular flexibility index (Phi) is 3.81. The fourth-order valence-electron chi connectivity index (χ4n) is 3.12. The van der Waals surface area contributed by atoms with E-state index in [4.69, 9.17) is 4.74 Å². The van der Waals surface area contributed by atoms with E-state index in [1.165, 1.54) is 31.4 Å². The number of alkyl halides is 3. The van der Waals surface area contributed by atoms with Gasteiger partial charge in [-0.15, -0.1) is 0 Å². The quantitative estimate of drug-likeness (QED) is 0.719. The van der Waals surface area contributed by atoms with E-state index in [0.717, 1.165) is 4.57 Å². The monoisotopic (exact) mass is 390 g/mol. The second-order valence-electron chi connectivity index (χ2n) is 6.09. The Hall–Kier alpha value is -3.56. The van der Waals surface area contributed by atoms with Crippen molar-refractivity contribution >= 4 is 28.8 Å². The number of nitrogens with one attached hydrogen (secondary N) is 2. The summed E-state index contributed by atoms with van der Waals surface area (Å²) < 4.78 is 47.8. The van der Waals surface area contributed by atoms with E-state index in [1.54, 1.807) is 29.6 Å². The highest BCUT2D eigenvalue weighted by atomic mass is 19.4. The first-order chi connectivity index (χ1) is 13.3. The van der Waals surface area contributed by atoms with E-state index in [9.17, 15) is 22.8 Å². The first-order valence-corrected chi connectivity index (χ1v) is 8.11. The maximum Gasteiger partial charge on any atom is 0.440 e. The summed E-state index contributed by atoms with van der Waals surface area (Å²) in [6.45, 7) is 0. The number of methoxy groups -OCH3 is 1. The number of nitrogens with zero attached hydrogens (tertiary/aromatic N) is 2. The van der Waals surface area contributed by atoms with Crippen LogP contribution in [0.15, 0.2) is 48.5 Å². The summed E-state index contributed by atoms with van der Waals surface area (Å²) in [7, 11) is 1.28. The molecule has 10 heteroatoms. The van der Waals surface area contributed by atoms with E-state index >= 15 is 0 Å². The van der Waals surface area contributed by atoms with Crippen molar-refractivity contribution in [1.82, 2.24) is 14.9 Å². The number of carbonyl (C=O) groups excluding carboxylic acids is 2. The Morgan fingerprint density at radius 3 is 2.57 bits per heavy atom. The smallest absolute Gasteiger partial charge is 0.440 e. The Morgan fingerprint density at radius 1 is 1.18 bits per heavy atom. The molecule has 0 aliphatic carbocycles. The molecule has 0 bridgehead atoms. The summed E-state index contributed by atoms with van der Waals surface area (Å²) in [5.41, 5.74) is -2.94. The molecule has 144 valence electrons. The second kappa shape index (κ2) is 5.98. The van der Waals surface area contributed by atoms with Gasteiger partial charge in [0.25, 0.3) is 17.5 Å². The van der Waals surface area contributed by atoms with E-state index in [0.29, 0.717) is 5.52 Å². The first-order valence-electron chi connectivity index (χ1n) is 8.11. The number of aromatic nitrogens is 2. The van der Waals surface area contributed by atoms with Crippen LogP contribution >= 0.6 is 0 Å². The lowest BCUT2D eigenvalue weighted by atomic mass is 10.1. The topological polar surface area (TPSA) is 85.2 Å². The molecule has 2 heterocycles. The van der Waals surface area contributed by atoms with Crippen LogP contribution in [-0.4, -0.2) is 40.3 Å². The van der Waals surface area contributed by atoms with Gasteiger partial charge in [-0.25, -0.2) is 9.55 Å². The van der Waals surface area contributed by atoms with Gasteiger partial charge in [-0.05, 0) is 24.3 Å². The van der Waals surface area contributed by atoms with Gasteiger partial charge in [-0.3, -0.25) is 9.59 Å². The summed E-state index contributed by atoms with van der Waals surface area (Å²) in [5, 5.41) is 3.88. The second-order valence-corrected chi connectivity index (χ2v) is 6.09. The number of halogens is 3. The molecule has 4 rings (SSSR count). The Balaban J connectivity index is 1.79. The number of benzene rings is 2. The largest absolute Gasteiger partial charge is 0.496 e. The third-order valence-electron chi connectivity index (χ3n) is 4.46. The Bertz CT molecular complexity index is 1110. The van der Waals surface area contributed by atoms with Crippen LogP contribution in [0.25, 0.3) is 11.0 Å². The fourth-order valence-corrected chi connectivity index (χ4v) is 3.12. The van der Waals surface area contributed by atoms with Crippen molar-refractivity contribution in [3.05, 3.63) is 54.1 Å². The Morgan fingerprint density at radius 2 is 1.86 bits per heavy atom. The van der Waals surface area contributed by atoms with Crippen LogP contribution in [0.2, 0.25) is 0 Å². The maximum absolute atomic E-state index is 14.0. The highest BCUT2D eigenvalue weighted by molar-refractivity contribution is 6.08. The SMILES string of the molecule is COc1ccccc1C(=O)N[C@@]1(C(F)(F)F)Nc2nc3ccccc3n2C1=O. The van der Waals surface area contributed by atoms with Crippen molar-refractivity contribution in [2.45, 2.75) is 11.8 Å². The van der Waals surface area contributed by atoms with Crippen molar-refractivity contribution in [2.24, 2.45) is 0 Å². The van der Waals surface area contributed by atoms with Crippen molar-refractivity contribution in [2.75, 3.05) is 12.4 Å². The van der Waals surface area contributed by atoms with Gasteiger partial charge >= 0.3 is 6.18 Å². The number of carbonyl (C=O) groups is 2. The predicted molar refractivity (Wildman–Crippen MR) is 93.2 cm³/mol. The molecule has 1 atom stereocenters. The van der Waals surface area contributed by atoms with Crippen LogP contribution in [0.5, 0.6) is 5.75 Å². The zero-order chi connectivity index (χ0) is 20.1. The highest BCUT2D eigenvalue weighted by Gasteiger charge is 2.66. The third kappa shape index (κ3) is 2.41. The number of anilines is 1. The summed E-state index contributed by atoms with van der Waals surface area (Å²) in [5.74, 6) is -2.74. The number of ether oxygens (including phenoxy) is 1. The first kappa shape index (κ1) is 17.8. The molecular weight excluding hydrogens is 377 g/mol. The predicted octanol–water partition coefficient (Wildman–Crippen LogP) is 2.80. The summed E-state index contributed by atoms with van der Waals surface area (Å²) in [4.78, 5) is 29.5. The van der Waals surface area contributed by atoms with Crippen LogP contribution in [-0.2, 0) is 0 Å². The standard InChI is InChI=1S/C18H13F3N4O3/c1-28-13-9-5-2-6-10(13)14(26)23-17(18(19,20)21)15(27)25-12-8-4-3-7-11(12)22-16(25)24-17/h2-9H,1H3,(H,22,24)(H,23,26)/t17-/m1/s1. The normalized spacial score (nSPS) is 18.6. The van der Waals surface area contributed by atoms with Crippen LogP contribution < -0.4 is 15.4 Å². The van der Waals surface area contributed by atoms with Crippen molar-refractivity contribution in [3.63, 3.8) is 0 Å². The molecule has 1 aliphatic rings. The van der Waals surface area contributed by atoms with E-state index in [1.807, 2.05) is 0 Å². The van der Waals surface area contributed by atoms with Gasteiger partial charge in [0, 0.05) is 0 Å². The summed E-state index contributed by atoms with van der Waals surface area (Å²) in [6.07, 6.45) is -5.14. The molecule has 0 saturated carbocycles. The lowest BCUT2D eigenvalue weighted by Gasteiger charge is -2.30. The fraction of sp³-hybridized carbons (Fsp3) is 0.167. The molecule has 1 aliphatic heterocycles. The van der Waals surface area contributed by atoms with Crippen LogP contribution in [0, 0.1) is 0 Å². The summed E-state index contributed by atoms with van der Waals surface area (Å²) in [6, 6.07) is 12.0. The minimum atomic E-state index is -5.14. The molecule has 1 aromatic heterocycles. The van der Waals surface area contributed by atoms with Gasteiger partial charge in [0.05, 0.1) is 23.7 Å². The van der Waals surface area contributed by atoms with E-state index < -0.39 is 23.7 Å². The third-order valence-corrected chi connectivity index (χ3v) is 4.46. The van der Waals surface area contributed by atoms with Gasteiger partial charge in [-0.1, -0.05) is 24.3 Å². The molecule has 0 fully saturated rings. The number of hydrogen-bond acceptors (Lipinski definition) is 5. The summed E-state index contributed by atoms with van der Waals surface area (Å²) >= 11 is 0. The minimum absolute atomic E-state index is 0.0750. The Labute approximate surface area is 156 Å². The van der Waals surface area contributed by atoms with E-state index in [2.05, 4.69) is 10.3 Å². The lowest BCUT2D eigenvalue weighted by molar-refractivity contribution is -0.169. The molecule has 1 amide bonds. The van der Waals surface area contributed by atoms with Crippen molar-refractivity contribution < 1.29 is 27.5 Å². The van der Waals surface area contributed by atoms with Crippen LogP contribution in [0.4, 0.5) is 19.1 Å². The van der Waals surface area contributed by atoms with Gasteiger partial charge < -0.3 is 15.4 Å². The molecule has 0 radical (unpaired) electrons. The molecule has 2 aromatic carbocycles. The average molecular weight is 390 g/mol. The van der Waals surface area contributed by atoms with E-state index in [-0.39, 0.29) is 22.8 Å². The van der Waals surface area contributed by atoms with Crippen molar-refractivity contribution in [1.29, 1.82) is 0 Å².